The smallest absolute Gasteiger partial charge is 0.337 e. The summed E-state index contributed by atoms with van der Waals surface area (Å²) in [5.41, 5.74) is 5.32. The molecule has 1 amide bonds. The number of aryl methyl sites for hydroxylation is 2. The van der Waals surface area contributed by atoms with Crippen LogP contribution in [0.25, 0.3) is 11.3 Å². The van der Waals surface area contributed by atoms with Gasteiger partial charge in [0.05, 0.1) is 17.8 Å². The minimum absolute atomic E-state index is 0.0594. The molecule has 0 spiro atoms. The van der Waals surface area contributed by atoms with E-state index < -0.39 is 5.97 Å². The SMILES string of the molecule is CC(=O)N1Cc2cc(-c3ncccc3C(=O)O)ccc2CCc2cc(Cl)ccc21. The fourth-order valence-electron chi connectivity index (χ4n) is 3.80. The summed E-state index contributed by atoms with van der Waals surface area (Å²) < 4.78 is 0. The molecular weight excluding hydrogens is 388 g/mol. The van der Waals surface area contributed by atoms with Crippen molar-refractivity contribution in [1.82, 2.24) is 4.98 Å². The Balaban J connectivity index is 1.80. The number of rotatable bonds is 2. The van der Waals surface area contributed by atoms with E-state index in [4.69, 9.17) is 11.6 Å². The number of carboxylic acids is 1. The summed E-state index contributed by atoms with van der Waals surface area (Å²) in [7, 11) is 0. The summed E-state index contributed by atoms with van der Waals surface area (Å²) in [6.45, 7) is 1.95. The van der Waals surface area contributed by atoms with Crippen LogP contribution >= 0.6 is 11.6 Å². The molecular formula is C23H19ClN2O3. The second kappa shape index (κ2) is 7.68. The van der Waals surface area contributed by atoms with Gasteiger partial charge in [0.15, 0.2) is 0 Å². The number of hydrogen-bond acceptors (Lipinski definition) is 3. The fourth-order valence-corrected chi connectivity index (χ4v) is 3.99. The van der Waals surface area contributed by atoms with Crippen LogP contribution in [0.15, 0.2) is 54.7 Å². The van der Waals surface area contributed by atoms with Gasteiger partial charge >= 0.3 is 5.97 Å². The zero-order chi connectivity index (χ0) is 20.5. The lowest BCUT2D eigenvalue weighted by molar-refractivity contribution is -0.116. The first-order chi connectivity index (χ1) is 13.9. The molecule has 1 aliphatic heterocycles. The number of anilines is 1. The summed E-state index contributed by atoms with van der Waals surface area (Å²) >= 11 is 6.17. The molecule has 3 aromatic rings. The molecule has 146 valence electrons. The maximum absolute atomic E-state index is 12.4. The molecule has 5 nitrogen and oxygen atoms in total. The van der Waals surface area contributed by atoms with Crippen molar-refractivity contribution in [2.24, 2.45) is 0 Å². The lowest BCUT2D eigenvalue weighted by atomic mass is 9.92. The van der Waals surface area contributed by atoms with Crippen LogP contribution in [0.3, 0.4) is 0 Å². The van der Waals surface area contributed by atoms with Crippen molar-refractivity contribution in [2.75, 3.05) is 4.90 Å². The standard InChI is InChI=1S/C23H19ClN2O3/c1-14(27)26-13-18-11-17(22-20(23(28)29)3-2-10-25-22)7-5-15(18)4-6-16-12-19(24)8-9-21(16)26/h2-3,5,7-12H,4,6,13H2,1H3,(H,28,29). The summed E-state index contributed by atoms with van der Waals surface area (Å²) in [4.78, 5) is 30.0. The largest absolute Gasteiger partial charge is 0.478 e. The van der Waals surface area contributed by atoms with Gasteiger partial charge in [-0.15, -0.1) is 0 Å². The van der Waals surface area contributed by atoms with Gasteiger partial charge in [-0.3, -0.25) is 9.78 Å². The number of carbonyl (C=O) groups is 2. The minimum Gasteiger partial charge on any atom is -0.478 e. The van der Waals surface area contributed by atoms with E-state index in [2.05, 4.69) is 4.98 Å². The summed E-state index contributed by atoms with van der Waals surface area (Å²) in [5, 5.41) is 10.1. The average Bonchev–Trinajstić information content (AvgIpc) is 2.69. The highest BCUT2D eigenvalue weighted by molar-refractivity contribution is 6.30. The van der Waals surface area contributed by atoms with E-state index in [0.717, 1.165) is 40.8 Å². The average molecular weight is 407 g/mol. The van der Waals surface area contributed by atoms with E-state index >= 15 is 0 Å². The molecule has 0 radical (unpaired) electrons. The predicted molar refractivity (Wildman–Crippen MR) is 112 cm³/mol. The van der Waals surface area contributed by atoms with Crippen molar-refractivity contribution in [2.45, 2.75) is 26.3 Å². The van der Waals surface area contributed by atoms with E-state index in [0.29, 0.717) is 17.3 Å². The van der Waals surface area contributed by atoms with Crippen LogP contribution in [-0.4, -0.2) is 22.0 Å². The van der Waals surface area contributed by atoms with Gasteiger partial charge in [0.25, 0.3) is 0 Å². The van der Waals surface area contributed by atoms with E-state index in [9.17, 15) is 14.7 Å². The number of hydrogen-bond donors (Lipinski definition) is 1. The first kappa shape index (κ1) is 19.2. The van der Waals surface area contributed by atoms with Crippen LogP contribution in [0, 0.1) is 0 Å². The first-order valence-corrected chi connectivity index (χ1v) is 9.69. The molecule has 1 aromatic heterocycles. The minimum atomic E-state index is -1.02. The Kier molecular flexibility index (Phi) is 5.07. The van der Waals surface area contributed by atoms with Gasteiger partial charge in [0.2, 0.25) is 5.91 Å². The summed E-state index contributed by atoms with van der Waals surface area (Å²) in [6.07, 6.45) is 3.15. The van der Waals surface area contributed by atoms with Crippen LogP contribution in [0.5, 0.6) is 0 Å². The van der Waals surface area contributed by atoms with E-state index in [1.165, 1.54) is 0 Å². The van der Waals surface area contributed by atoms with Gasteiger partial charge in [0, 0.05) is 29.4 Å². The van der Waals surface area contributed by atoms with Crippen LogP contribution < -0.4 is 4.90 Å². The zero-order valence-corrected chi connectivity index (χ0v) is 16.6. The summed E-state index contributed by atoms with van der Waals surface area (Å²) in [6, 6.07) is 14.6. The number of amides is 1. The number of fused-ring (bicyclic) bond motifs is 2. The highest BCUT2D eigenvalue weighted by atomic mass is 35.5. The molecule has 0 aliphatic carbocycles. The molecule has 0 unspecified atom stereocenters. The molecule has 0 saturated heterocycles. The van der Waals surface area contributed by atoms with Gasteiger partial charge in [0.1, 0.15) is 0 Å². The highest BCUT2D eigenvalue weighted by Gasteiger charge is 2.22. The van der Waals surface area contributed by atoms with Crippen LogP contribution in [0.1, 0.15) is 34.0 Å². The molecule has 6 heteroatoms. The Hall–Kier alpha value is -3.18. The van der Waals surface area contributed by atoms with Gasteiger partial charge in [-0.1, -0.05) is 23.7 Å². The number of carbonyl (C=O) groups excluding carboxylic acids is 1. The molecule has 2 aromatic carbocycles. The third kappa shape index (κ3) is 3.74. The maximum Gasteiger partial charge on any atom is 0.337 e. The number of aromatic nitrogens is 1. The molecule has 1 aliphatic rings. The molecule has 0 fully saturated rings. The van der Waals surface area contributed by atoms with Crippen molar-refractivity contribution in [1.29, 1.82) is 0 Å². The molecule has 0 saturated carbocycles. The third-order valence-electron chi connectivity index (χ3n) is 5.22. The van der Waals surface area contributed by atoms with Gasteiger partial charge < -0.3 is 10.0 Å². The maximum atomic E-state index is 12.4. The lowest BCUT2D eigenvalue weighted by Gasteiger charge is -2.28. The molecule has 2 heterocycles. The first-order valence-electron chi connectivity index (χ1n) is 9.31. The van der Waals surface area contributed by atoms with Gasteiger partial charge in [-0.25, -0.2) is 4.79 Å². The van der Waals surface area contributed by atoms with Gasteiger partial charge in [-0.05, 0) is 65.9 Å². The summed E-state index contributed by atoms with van der Waals surface area (Å²) in [5.74, 6) is -1.08. The number of benzene rings is 2. The zero-order valence-electron chi connectivity index (χ0n) is 15.9. The van der Waals surface area contributed by atoms with Crippen molar-refractivity contribution in [3.8, 4) is 11.3 Å². The molecule has 0 bridgehead atoms. The number of nitrogens with zero attached hydrogens (tertiary/aromatic N) is 2. The Labute approximate surface area is 173 Å². The van der Waals surface area contributed by atoms with E-state index in [1.807, 2.05) is 30.3 Å². The van der Waals surface area contributed by atoms with E-state index in [-0.39, 0.29) is 11.5 Å². The van der Waals surface area contributed by atoms with Crippen molar-refractivity contribution in [3.63, 3.8) is 0 Å². The van der Waals surface area contributed by atoms with Crippen molar-refractivity contribution < 1.29 is 14.7 Å². The normalized spacial score (nSPS) is 13.1. The Morgan fingerprint density at radius 3 is 2.59 bits per heavy atom. The second-order valence-corrected chi connectivity index (χ2v) is 7.50. The lowest BCUT2D eigenvalue weighted by Crippen LogP contribution is -2.30. The topological polar surface area (TPSA) is 70.5 Å². The number of aromatic carboxylic acids is 1. The van der Waals surface area contributed by atoms with Crippen LogP contribution in [0.2, 0.25) is 5.02 Å². The number of halogens is 1. The molecule has 1 N–H and O–H groups in total. The van der Waals surface area contributed by atoms with E-state index in [1.54, 1.807) is 36.2 Å². The second-order valence-electron chi connectivity index (χ2n) is 7.07. The molecule has 0 atom stereocenters. The third-order valence-corrected chi connectivity index (χ3v) is 5.46. The number of pyridine rings is 1. The van der Waals surface area contributed by atoms with Crippen LogP contribution in [-0.2, 0) is 24.2 Å². The van der Waals surface area contributed by atoms with Crippen LogP contribution in [0.4, 0.5) is 5.69 Å². The Morgan fingerprint density at radius 1 is 1.03 bits per heavy atom. The van der Waals surface area contributed by atoms with Gasteiger partial charge in [-0.2, -0.15) is 0 Å². The monoisotopic (exact) mass is 406 g/mol. The highest BCUT2D eigenvalue weighted by Crippen LogP contribution is 2.32. The Bertz CT molecular complexity index is 1130. The fraction of sp³-hybridized carbons (Fsp3) is 0.174. The van der Waals surface area contributed by atoms with Crippen molar-refractivity contribution >= 4 is 29.2 Å². The molecule has 4 rings (SSSR count). The molecule has 29 heavy (non-hydrogen) atoms. The predicted octanol–water partition coefficient (Wildman–Crippen LogP) is 4.75. The van der Waals surface area contributed by atoms with Crippen molar-refractivity contribution in [3.05, 3.63) is 82.0 Å². The quantitative estimate of drug-likeness (QED) is 0.666. The number of carboxylic acid groups (broad SMARTS) is 1. The Morgan fingerprint density at radius 2 is 1.83 bits per heavy atom.